The molecule has 132 valence electrons. The predicted molar refractivity (Wildman–Crippen MR) is 89.6 cm³/mol. The number of rotatable bonds is 2. The zero-order valence-electron chi connectivity index (χ0n) is 13.3. The Morgan fingerprint density at radius 1 is 0.920 bits per heavy atom. The number of benzene rings is 2. The highest BCUT2D eigenvalue weighted by Gasteiger charge is 2.31. The highest BCUT2D eigenvalue weighted by molar-refractivity contribution is 6.44. The molecule has 4 nitrogen and oxygen atoms in total. The van der Waals surface area contributed by atoms with Crippen molar-refractivity contribution in [2.75, 3.05) is 10.6 Å². The highest BCUT2D eigenvalue weighted by Crippen LogP contribution is 2.33. The number of alkyl halides is 3. The van der Waals surface area contributed by atoms with Crippen molar-refractivity contribution in [1.82, 2.24) is 0 Å². The fourth-order valence-electron chi connectivity index (χ4n) is 1.98. The van der Waals surface area contributed by atoms with Gasteiger partial charge in [-0.25, -0.2) is 0 Å². The minimum absolute atomic E-state index is 0.111. The Labute approximate surface area is 147 Å². The first-order valence-electron chi connectivity index (χ1n) is 7.14. The van der Waals surface area contributed by atoms with Crippen LogP contribution in [-0.2, 0) is 15.8 Å². The molecule has 0 aliphatic carbocycles. The summed E-state index contributed by atoms with van der Waals surface area (Å²) in [5.74, 6) is -2.14. The quantitative estimate of drug-likeness (QED) is 0.762. The predicted octanol–water partition coefficient (Wildman–Crippen LogP) is 4.55. The van der Waals surface area contributed by atoms with Gasteiger partial charge >= 0.3 is 18.0 Å². The lowest BCUT2D eigenvalue weighted by Crippen LogP contribution is -2.29. The Morgan fingerprint density at radius 2 is 1.56 bits per heavy atom. The molecule has 0 saturated heterocycles. The van der Waals surface area contributed by atoms with Crippen LogP contribution in [0.25, 0.3) is 0 Å². The zero-order valence-corrected chi connectivity index (χ0v) is 14.0. The van der Waals surface area contributed by atoms with Gasteiger partial charge in [0.1, 0.15) is 0 Å². The number of halogens is 4. The number of amides is 2. The number of hydrogen-bond donors (Lipinski definition) is 2. The van der Waals surface area contributed by atoms with Gasteiger partial charge in [0, 0.05) is 5.69 Å². The fraction of sp³-hybridized carbons (Fsp3) is 0.176. The Kier molecular flexibility index (Phi) is 5.37. The third-order valence-corrected chi connectivity index (χ3v) is 3.84. The second kappa shape index (κ2) is 7.14. The van der Waals surface area contributed by atoms with Crippen molar-refractivity contribution in [3.63, 3.8) is 0 Å². The molecule has 2 rings (SSSR count). The third-order valence-electron chi connectivity index (χ3n) is 3.51. The van der Waals surface area contributed by atoms with Gasteiger partial charge in [-0.15, -0.1) is 0 Å². The molecular formula is C17H14ClF3N2O2. The Hall–Kier alpha value is -2.54. The van der Waals surface area contributed by atoms with E-state index in [-0.39, 0.29) is 10.7 Å². The minimum Gasteiger partial charge on any atom is -0.318 e. The molecule has 0 unspecified atom stereocenters. The molecule has 2 N–H and O–H groups in total. The molecule has 0 atom stereocenters. The maximum atomic E-state index is 12.7. The van der Waals surface area contributed by atoms with E-state index in [1.165, 1.54) is 0 Å². The molecule has 0 radical (unpaired) electrons. The molecular weight excluding hydrogens is 357 g/mol. The zero-order chi connectivity index (χ0) is 18.8. The number of anilines is 2. The summed E-state index contributed by atoms with van der Waals surface area (Å²) in [7, 11) is 0. The smallest absolute Gasteiger partial charge is 0.318 e. The van der Waals surface area contributed by atoms with Gasteiger partial charge in [0.25, 0.3) is 0 Å². The largest absolute Gasteiger partial charge is 0.416 e. The van der Waals surface area contributed by atoms with E-state index in [2.05, 4.69) is 10.6 Å². The van der Waals surface area contributed by atoms with E-state index in [0.717, 1.165) is 23.3 Å². The van der Waals surface area contributed by atoms with Crippen LogP contribution in [0, 0.1) is 13.8 Å². The van der Waals surface area contributed by atoms with E-state index in [1.54, 1.807) is 18.2 Å². The van der Waals surface area contributed by atoms with Crippen LogP contribution in [0.4, 0.5) is 24.5 Å². The molecule has 0 heterocycles. The molecule has 25 heavy (non-hydrogen) atoms. The van der Waals surface area contributed by atoms with Gasteiger partial charge in [-0.1, -0.05) is 17.7 Å². The molecule has 2 aromatic carbocycles. The summed E-state index contributed by atoms with van der Waals surface area (Å²) in [4.78, 5) is 23.8. The summed E-state index contributed by atoms with van der Waals surface area (Å²) in [6.07, 6.45) is -4.59. The van der Waals surface area contributed by atoms with Crippen molar-refractivity contribution in [3.05, 3.63) is 58.1 Å². The molecule has 2 amide bonds. The summed E-state index contributed by atoms with van der Waals surface area (Å²) in [6, 6.07) is 7.52. The van der Waals surface area contributed by atoms with Crippen molar-refractivity contribution in [3.8, 4) is 0 Å². The van der Waals surface area contributed by atoms with Gasteiger partial charge in [-0.3, -0.25) is 9.59 Å². The van der Waals surface area contributed by atoms with E-state index >= 15 is 0 Å². The third kappa shape index (κ3) is 4.73. The minimum atomic E-state index is -4.59. The second-order valence-electron chi connectivity index (χ2n) is 5.40. The Morgan fingerprint density at radius 3 is 2.16 bits per heavy atom. The average molecular weight is 371 g/mol. The van der Waals surface area contributed by atoms with Crippen LogP contribution >= 0.6 is 11.6 Å². The van der Waals surface area contributed by atoms with Gasteiger partial charge in [0.05, 0.1) is 16.3 Å². The number of carbonyl (C=O) groups excluding carboxylic acids is 2. The van der Waals surface area contributed by atoms with Crippen LogP contribution in [0.5, 0.6) is 0 Å². The summed E-state index contributed by atoms with van der Waals surface area (Å²) in [5, 5.41) is 4.35. The number of hydrogen-bond acceptors (Lipinski definition) is 2. The van der Waals surface area contributed by atoms with Crippen molar-refractivity contribution in [1.29, 1.82) is 0 Å². The van der Waals surface area contributed by atoms with Crippen LogP contribution in [0.15, 0.2) is 36.4 Å². The van der Waals surface area contributed by atoms with Gasteiger partial charge in [0.15, 0.2) is 0 Å². The lowest BCUT2D eigenvalue weighted by atomic mass is 10.1. The molecule has 0 bridgehead atoms. The van der Waals surface area contributed by atoms with Gasteiger partial charge < -0.3 is 10.6 Å². The van der Waals surface area contributed by atoms with Gasteiger partial charge in [0.2, 0.25) is 0 Å². The first-order chi connectivity index (χ1) is 11.6. The molecule has 0 spiro atoms. The SMILES string of the molecule is Cc1ccc(NC(=O)C(=O)Nc2cc(C(F)(F)F)ccc2Cl)cc1C. The first kappa shape index (κ1) is 18.8. The number of carbonyl (C=O) groups is 2. The van der Waals surface area contributed by atoms with Crippen LogP contribution in [-0.4, -0.2) is 11.8 Å². The molecule has 0 aromatic heterocycles. The van der Waals surface area contributed by atoms with Crippen LogP contribution in [0.2, 0.25) is 5.02 Å². The molecule has 0 saturated carbocycles. The van der Waals surface area contributed by atoms with Crippen molar-refractivity contribution < 1.29 is 22.8 Å². The molecule has 2 aromatic rings. The molecule has 0 aliphatic rings. The highest BCUT2D eigenvalue weighted by atomic mass is 35.5. The maximum absolute atomic E-state index is 12.7. The summed E-state index contributed by atoms with van der Waals surface area (Å²) in [6.45, 7) is 3.73. The van der Waals surface area contributed by atoms with E-state index in [9.17, 15) is 22.8 Å². The standard InChI is InChI=1S/C17H14ClF3N2O2/c1-9-3-5-12(7-10(9)2)22-15(24)16(25)23-14-8-11(17(19,20)21)4-6-13(14)18/h3-8H,1-2H3,(H,22,24)(H,23,25). The lowest BCUT2D eigenvalue weighted by molar-refractivity contribution is -0.137. The van der Waals surface area contributed by atoms with E-state index < -0.39 is 23.6 Å². The molecule has 0 aliphatic heterocycles. The lowest BCUT2D eigenvalue weighted by Gasteiger charge is -2.12. The monoisotopic (exact) mass is 370 g/mol. The van der Waals surface area contributed by atoms with E-state index in [1.807, 2.05) is 13.8 Å². The summed E-state index contributed by atoms with van der Waals surface area (Å²) >= 11 is 5.78. The van der Waals surface area contributed by atoms with E-state index in [4.69, 9.17) is 11.6 Å². The normalized spacial score (nSPS) is 11.1. The van der Waals surface area contributed by atoms with Crippen molar-refractivity contribution in [2.24, 2.45) is 0 Å². The summed E-state index contributed by atoms with van der Waals surface area (Å²) < 4.78 is 38.2. The van der Waals surface area contributed by atoms with E-state index in [0.29, 0.717) is 11.8 Å². The van der Waals surface area contributed by atoms with Crippen LogP contribution in [0.3, 0.4) is 0 Å². The molecule has 0 fully saturated rings. The number of aryl methyl sites for hydroxylation is 2. The topological polar surface area (TPSA) is 58.2 Å². The van der Waals surface area contributed by atoms with Crippen molar-refractivity contribution in [2.45, 2.75) is 20.0 Å². The summed E-state index contributed by atoms with van der Waals surface area (Å²) in [5.41, 5.74) is 1.05. The number of nitrogens with one attached hydrogen (secondary N) is 2. The van der Waals surface area contributed by atoms with Crippen molar-refractivity contribution >= 4 is 34.8 Å². The second-order valence-corrected chi connectivity index (χ2v) is 5.81. The first-order valence-corrected chi connectivity index (χ1v) is 7.52. The van der Waals surface area contributed by atoms with Gasteiger partial charge in [-0.2, -0.15) is 13.2 Å². The average Bonchev–Trinajstić information content (AvgIpc) is 2.51. The Balaban J connectivity index is 2.13. The van der Waals surface area contributed by atoms with Crippen LogP contribution < -0.4 is 10.6 Å². The fourth-order valence-corrected chi connectivity index (χ4v) is 2.15. The molecule has 8 heteroatoms. The Bertz CT molecular complexity index is 835. The van der Waals surface area contributed by atoms with Crippen LogP contribution in [0.1, 0.15) is 16.7 Å². The van der Waals surface area contributed by atoms with Gasteiger partial charge in [-0.05, 0) is 55.3 Å². The maximum Gasteiger partial charge on any atom is 0.416 e.